The summed E-state index contributed by atoms with van der Waals surface area (Å²) in [6.45, 7) is 3.80. The molecule has 1 aliphatic heterocycles. The number of nitrogens with zero attached hydrogens (tertiary/aromatic N) is 1. The number of amides is 1. The van der Waals surface area contributed by atoms with Gasteiger partial charge in [-0.25, -0.2) is 0 Å². The van der Waals surface area contributed by atoms with Crippen LogP contribution in [0.3, 0.4) is 0 Å². The Morgan fingerprint density at radius 1 is 1.42 bits per heavy atom. The second-order valence-electron chi connectivity index (χ2n) is 5.26. The molecule has 0 bridgehead atoms. The molecule has 2 atom stereocenters. The molecule has 1 N–H and O–H groups in total. The highest BCUT2D eigenvalue weighted by Gasteiger charge is 2.24. The zero-order valence-corrected chi connectivity index (χ0v) is 11.2. The Morgan fingerprint density at radius 2 is 2.16 bits per heavy atom. The molecule has 1 amide bonds. The quantitative estimate of drug-likeness (QED) is 0.671. The summed E-state index contributed by atoms with van der Waals surface area (Å²) < 4.78 is 0. The zero-order chi connectivity index (χ0) is 14.0. The largest absolute Gasteiger partial charge is 0.353 e. The molecule has 1 aromatic rings. The first-order valence-corrected chi connectivity index (χ1v) is 6.51. The average Bonchev–Trinajstić information content (AvgIpc) is 2.36. The van der Waals surface area contributed by atoms with Gasteiger partial charge < -0.3 is 5.32 Å². The maximum absolute atomic E-state index is 11.6. The molecule has 2 unspecified atom stereocenters. The Balaban J connectivity index is 2.07. The topological polar surface area (TPSA) is 72.2 Å². The maximum Gasteiger partial charge on any atom is 0.269 e. The van der Waals surface area contributed by atoms with Crippen LogP contribution in [0.2, 0.25) is 0 Å². The molecule has 0 aliphatic carbocycles. The number of rotatable bonds is 3. The van der Waals surface area contributed by atoms with Crippen molar-refractivity contribution < 1.29 is 9.72 Å². The SMILES string of the molecule is Cc1cc([N+](=O)[O-])ccc1CC1CCC(C)C(=O)N1. The minimum atomic E-state index is -0.388. The molecule has 1 aliphatic rings. The fourth-order valence-corrected chi connectivity index (χ4v) is 2.44. The van der Waals surface area contributed by atoms with Crippen LogP contribution in [0.4, 0.5) is 5.69 Å². The standard InChI is InChI=1S/C14H18N2O3/c1-9-3-5-12(15-14(9)17)8-11-4-6-13(16(18)19)7-10(11)2/h4,6-7,9,12H,3,5,8H2,1-2H3,(H,15,17). The van der Waals surface area contributed by atoms with Gasteiger partial charge in [0.25, 0.3) is 5.69 Å². The minimum absolute atomic E-state index is 0.0919. The van der Waals surface area contributed by atoms with E-state index in [1.165, 1.54) is 6.07 Å². The highest BCUT2D eigenvalue weighted by Crippen LogP contribution is 2.22. The van der Waals surface area contributed by atoms with Crippen LogP contribution in [0.1, 0.15) is 30.9 Å². The van der Waals surface area contributed by atoms with Gasteiger partial charge >= 0.3 is 0 Å². The van der Waals surface area contributed by atoms with Crippen molar-refractivity contribution >= 4 is 11.6 Å². The van der Waals surface area contributed by atoms with Crippen LogP contribution in [-0.2, 0) is 11.2 Å². The van der Waals surface area contributed by atoms with E-state index in [2.05, 4.69) is 5.32 Å². The third-order valence-electron chi connectivity index (χ3n) is 3.75. The monoisotopic (exact) mass is 262 g/mol. The number of aryl methyl sites for hydroxylation is 1. The van der Waals surface area contributed by atoms with E-state index in [-0.39, 0.29) is 28.5 Å². The van der Waals surface area contributed by atoms with Gasteiger partial charge in [-0.1, -0.05) is 13.0 Å². The van der Waals surface area contributed by atoms with Crippen molar-refractivity contribution in [3.05, 3.63) is 39.4 Å². The van der Waals surface area contributed by atoms with Crippen molar-refractivity contribution in [2.24, 2.45) is 5.92 Å². The summed E-state index contributed by atoms with van der Waals surface area (Å²) in [5.41, 5.74) is 2.08. The van der Waals surface area contributed by atoms with Gasteiger partial charge in [-0.3, -0.25) is 14.9 Å². The van der Waals surface area contributed by atoms with Gasteiger partial charge in [0.15, 0.2) is 0 Å². The van der Waals surface area contributed by atoms with Gasteiger partial charge in [0.05, 0.1) is 4.92 Å². The predicted octanol–water partition coefficient (Wildman–Crippen LogP) is 2.36. The van der Waals surface area contributed by atoms with Gasteiger partial charge in [-0.05, 0) is 37.3 Å². The van der Waals surface area contributed by atoms with Crippen LogP contribution < -0.4 is 5.32 Å². The average molecular weight is 262 g/mol. The Bertz CT molecular complexity index is 513. The van der Waals surface area contributed by atoms with Crippen molar-refractivity contribution in [1.82, 2.24) is 5.32 Å². The fourth-order valence-electron chi connectivity index (χ4n) is 2.44. The zero-order valence-electron chi connectivity index (χ0n) is 11.2. The highest BCUT2D eigenvalue weighted by molar-refractivity contribution is 5.79. The Hall–Kier alpha value is -1.91. The van der Waals surface area contributed by atoms with Crippen LogP contribution in [0.5, 0.6) is 0 Å². The molecule has 102 valence electrons. The van der Waals surface area contributed by atoms with Crippen LogP contribution >= 0.6 is 0 Å². The molecule has 0 radical (unpaired) electrons. The summed E-state index contributed by atoms with van der Waals surface area (Å²) in [6, 6.07) is 5.04. The lowest BCUT2D eigenvalue weighted by atomic mass is 9.90. The first kappa shape index (κ1) is 13.5. The van der Waals surface area contributed by atoms with Crippen molar-refractivity contribution in [3.8, 4) is 0 Å². The van der Waals surface area contributed by atoms with Gasteiger partial charge in [-0.2, -0.15) is 0 Å². The number of piperidine rings is 1. The Labute approximate surface area is 112 Å². The van der Waals surface area contributed by atoms with Gasteiger partial charge in [0.1, 0.15) is 0 Å². The minimum Gasteiger partial charge on any atom is -0.353 e. The van der Waals surface area contributed by atoms with Crippen LogP contribution in [0.15, 0.2) is 18.2 Å². The molecule has 1 saturated heterocycles. The van der Waals surface area contributed by atoms with Gasteiger partial charge in [0.2, 0.25) is 5.91 Å². The third-order valence-corrected chi connectivity index (χ3v) is 3.75. The Kier molecular flexibility index (Phi) is 3.83. The molecule has 5 heteroatoms. The third kappa shape index (κ3) is 3.10. The van der Waals surface area contributed by atoms with E-state index < -0.39 is 0 Å². The first-order chi connectivity index (χ1) is 8.97. The van der Waals surface area contributed by atoms with E-state index in [4.69, 9.17) is 0 Å². The molecule has 2 rings (SSSR count). The molecule has 0 spiro atoms. The number of nitrogens with one attached hydrogen (secondary N) is 1. The number of non-ortho nitro benzene ring substituents is 1. The summed E-state index contributed by atoms with van der Waals surface area (Å²) >= 11 is 0. The molecule has 5 nitrogen and oxygen atoms in total. The lowest BCUT2D eigenvalue weighted by molar-refractivity contribution is -0.384. The molecular formula is C14H18N2O3. The van der Waals surface area contributed by atoms with Crippen molar-refractivity contribution in [3.63, 3.8) is 0 Å². The van der Waals surface area contributed by atoms with Crippen LogP contribution in [0.25, 0.3) is 0 Å². The number of hydrogen-bond acceptors (Lipinski definition) is 3. The molecule has 1 aromatic carbocycles. The normalized spacial score (nSPS) is 22.9. The van der Waals surface area contributed by atoms with Crippen LogP contribution in [0, 0.1) is 23.0 Å². The van der Waals surface area contributed by atoms with E-state index in [1.54, 1.807) is 12.1 Å². The summed E-state index contributed by atoms with van der Waals surface area (Å²) in [5.74, 6) is 0.199. The van der Waals surface area contributed by atoms with Crippen molar-refractivity contribution in [2.75, 3.05) is 0 Å². The maximum atomic E-state index is 11.6. The smallest absolute Gasteiger partial charge is 0.269 e. The molecule has 1 heterocycles. The van der Waals surface area contributed by atoms with E-state index in [0.717, 1.165) is 30.4 Å². The number of nitro groups is 1. The van der Waals surface area contributed by atoms with E-state index in [9.17, 15) is 14.9 Å². The number of carbonyl (C=O) groups excluding carboxylic acids is 1. The van der Waals surface area contributed by atoms with E-state index in [0.29, 0.717) is 0 Å². The second-order valence-corrected chi connectivity index (χ2v) is 5.26. The van der Waals surface area contributed by atoms with Crippen molar-refractivity contribution in [1.29, 1.82) is 0 Å². The van der Waals surface area contributed by atoms with E-state index in [1.807, 2.05) is 13.8 Å². The first-order valence-electron chi connectivity index (χ1n) is 6.51. The summed E-state index contributed by atoms with van der Waals surface area (Å²) in [7, 11) is 0. The summed E-state index contributed by atoms with van der Waals surface area (Å²) in [4.78, 5) is 21.9. The molecular weight excluding hydrogens is 244 g/mol. The predicted molar refractivity (Wildman–Crippen MR) is 71.9 cm³/mol. The van der Waals surface area contributed by atoms with Gasteiger partial charge in [0, 0.05) is 24.1 Å². The number of hydrogen-bond donors (Lipinski definition) is 1. The number of benzene rings is 1. The van der Waals surface area contributed by atoms with E-state index >= 15 is 0 Å². The summed E-state index contributed by atoms with van der Waals surface area (Å²) in [6.07, 6.45) is 2.61. The summed E-state index contributed by atoms with van der Waals surface area (Å²) in [5, 5.41) is 13.7. The second kappa shape index (κ2) is 5.38. The number of nitro benzene ring substituents is 1. The Morgan fingerprint density at radius 3 is 2.74 bits per heavy atom. The lowest BCUT2D eigenvalue weighted by Crippen LogP contribution is -2.44. The fraction of sp³-hybridized carbons (Fsp3) is 0.500. The molecule has 0 aromatic heterocycles. The highest BCUT2D eigenvalue weighted by atomic mass is 16.6. The van der Waals surface area contributed by atoms with Crippen LogP contribution in [-0.4, -0.2) is 16.9 Å². The van der Waals surface area contributed by atoms with Crippen molar-refractivity contribution in [2.45, 2.75) is 39.2 Å². The number of carbonyl (C=O) groups is 1. The molecule has 19 heavy (non-hydrogen) atoms. The van der Waals surface area contributed by atoms with Gasteiger partial charge in [-0.15, -0.1) is 0 Å². The molecule has 0 saturated carbocycles. The molecule has 1 fully saturated rings. The lowest BCUT2D eigenvalue weighted by Gasteiger charge is -2.27.